The second kappa shape index (κ2) is 15.5. The average molecular weight is 557 g/mol. The monoisotopic (exact) mass is 556 g/mol. The normalized spacial score (nSPS) is 25.6. The highest BCUT2D eigenvalue weighted by atomic mass is 32.2. The van der Waals surface area contributed by atoms with Gasteiger partial charge >= 0.3 is 18.1 Å². The number of Topliss-reactive ketones (excluding diaryl/α,β-unsaturated/α-hetero) is 1. The zero-order chi connectivity index (χ0) is 28.3. The van der Waals surface area contributed by atoms with Crippen molar-refractivity contribution in [3.8, 4) is 0 Å². The summed E-state index contributed by atoms with van der Waals surface area (Å²) in [6.45, 7) is 5.60. The number of amides is 1. The van der Waals surface area contributed by atoms with E-state index in [0.29, 0.717) is 24.6 Å². The number of aliphatic carboxylic acids is 2. The number of ketones is 1. The minimum absolute atomic E-state index is 0.0243. The number of nitrogens with zero attached hydrogens (tertiary/aromatic N) is 1. The lowest BCUT2D eigenvalue weighted by Crippen LogP contribution is -2.61. The number of carboxylic acids is 2. The van der Waals surface area contributed by atoms with E-state index in [1.54, 1.807) is 11.8 Å². The van der Waals surface area contributed by atoms with Crippen LogP contribution >= 0.6 is 11.8 Å². The zero-order valence-corrected chi connectivity index (χ0v) is 22.2. The summed E-state index contributed by atoms with van der Waals surface area (Å²) in [6, 6.07) is -1.90. The summed E-state index contributed by atoms with van der Waals surface area (Å²) in [5.74, 6) is -3.01. The average Bonchev–Trinajstić information content (AvgIpc) is 3.48. The van der Waals surface area contributed by atoms with E-state index < -0.39 is 36.2 Å². The van der Waals surface area contributed by atoms with Crippen LogP contribution in [0.4, 0.5) is 13.2 Å². The number of nitrogens with one attached hydrogen (secondary N) is 2. The first-order chi connectivity index (χ1) is 17.3. The predicted molar refractivity (Wildman–Crippen MR) is 133 cm³/mol. The van der Waals surface area contributed by atoms with E-state index >= 15 is 0 Å². The number of thioether (sulfide) groups is 1. The third-order valence-corrected chi connectivity index (χ3v) is 7.62. The van der Waals surface area contributed by atoms with Crippen LogP contribution in [0, 0.1) is 11.8 Å². The van der Waals surface area contributed by atoms with Crippen LogP contribution in [0.15, 0.2) is 0 Å². The minimum atomic E-state index is -5.08. The Labute approximate surface area is 219 Å². The van der Waals surface area contributed by atoms with Crippen LogP contribution in [0.1, 0.15) is 46.0 Å². The molecule has 14 heteroatoms. The fraction of sp³-hybridized carbons (Fsp3) is 0.826. The molecule has 2 aliphatic rings. The lowest BCUT2D eigenvalue weighted by molar-refractivity contribution is -0.192. The van der Waals surface area contributed by atoms with E-state index in [0.717, 1.165) is 32.2 Å². The van der Waals surface area contributed by atoms with Crippen molar-refractivity contribution in [2.24, 2.45) is 17.6 Å². The van der Waals surface area contributed by atoms with Crippen molar-refractivity contribution in [2.75, 3.05) is 31.6 Å². The molecule has 2 fully saturated rings. The third kappa shape index (κ3) is 9.41. The summed E-state index contributed by atoms with van der Waals surface area (Å²) in [6.07, 6.45) is 0.787. The van der Waals surface area contributed by atoms with Gasteiger partial charge in [-0.05, 0) is 49.7 Å². The van der Waals surface area contributed by atoms with Gasteiger partial charge in [0.25, 0.3) is 0 Å². The van der Waals surface area contributed by atoms with Crippen molar-refractivity contribution in [3.05, 3.63) is 0 Å². The van der Waals surface area contributed by atoms with Gasteiger partial charge in [0.1, 0.15) is 6.04 Å². The van der Waals surface area contributed by atoms with Gasteiger partial charge in [0.2, 0.25) is 5.91 Å². The molecule has 1 amide bonds. The third-order valence-electron chi connectivity index (χ3n) is 6.98. The second-order valence-electron chi connectivity index (χ2n) is 9.18. The molecule has 0 bridgehead atoms. The van der Waals surface area contributed by atoms with Crippen molar-refractivity contribution < 1.29 is 42.6 Å². The number of alkyl halides is 3. The molecule has 10 nitrogen and oxygen atoms in total. The lowest BCUT2D eigenvalue weighted by atomic mass is 9.88. The Morgan fingerprint density at radius 3 is 2.19 bits per heavy atom. The zero-order valence-electron chi connectivity index (χ0n) is 21.4. The van der Waals surface area contributed by atoms with Gasteiger partial charge in [-0.3, -0.25) is 14.5 Å². The molecule has 6 atom stereocenters. The van der Waals surface area contributed by atoms with Crippen LogP contribution in [0.2, 0.25) is 0 Å². The van der Waals surface area contributed by atoms with E-state index in [9.17, 15) is 32.7 Å². The summed E-state index contributed by atoms with van der Waals surface area (Å²) in [5, 5.41) is 22.9. The first-order valence-corrected chi connectivity index (χ1v) is 13.8. The van der Waals surface area contributed by atoms with Gasteiger partial charge in [-0.15, -0.1) is 0 Å². The van der Waals surface area contributed by atoms with Crippen LogP contribution in [0.25, 0.3) is 0 Å². The number of carbonyl (C=O) groups is 4. The maximum Gasteiger partial charge on any atom is 0.490 e. The molecule has 214 valence electrons. The Morgan fingerprint density at radius 2 is 1.73 bits per heavy atom. The summed E-state index contributed by atoms with van der Waals surface area (Å²) in [7, 11) is 0. The summed E-state index contributed by atoms with van der Waals surface area (Å²) in [4.78, 5) is 48.8. The maximum absolute atomic E-state index is 13.3. The SMILES string of the molecule is CC[C@H]1CCN(C(C(=O)CN)[C@H]2NCC[C@@H]2CC)C1C(=O)NC(CCSC)C(=O)O.O=C(O)C(F)(F)F. The van der Waals surface area contributed by atoms with Crippen molar-refractivity contribution >= 4 is 35.4 Å². The van der Waals surface area contributed by atoms with Crippen molar-refractivity contribution in [2.45, 2.75) is 76.3 Å². The molecule has 2 aliphatic heterocycles. The minimum Gasteiger partial charge on any atom is -0.480 e. The lowest BCUT2D eigenvalue weighted by Gasteiger charge is -2.38. The first-order valence-electron chi connectivity index (χ1n) is 12.4. The highest BCUT2D eigenvalue weighted by molar-refractivity contribution is 7.98. The summed E-state index contributed by atoms with van der Waals surface area (Å²) in [5.41, 5.74) is 5.77. The van der Waals surface area contributed by atoms with E-state index in [2.05, 4.69) is 17.6 Å². The molecule has 2 heterocycles. The highest BCUT2D eigenvalue weighted by Crippen LogP contribution is 2.34. The molecule has 0 spiro atoms. The van der Waals surface area contributed by atoms with Gasteiger partial charge in [-0.2, -0.15) is 24.9 Å². The van der Waals surface area contributed by atoms with Gasteiger partial charge in [0, 0.05) is 12.6 Å². The molecular weight excluding hydrogens is 517 g/mol. The smallest absolute Gasteiger partial charge is 0.480 e. The van der Waals surface area contributed by atoms with Gasteiger partial charge in [-0.25, -0.2) is 9.59 Å². The Balaban J connectivity index is 0.000000856. The van der Waals surface area contributed by atoms with Crippen LogP contribution in [0.5, 0.6) is 0 Å². The highest BCUT2D eigenvalue weighted by Gasteiger charge is 2.48. The van der Waals surface area contributed by atoms with Crippen molar-refractivity contribution in [3.63, 3.8) is 0 Å². The molecule has 0 saturated carbocycles. The van der Waals surface area contributed by atoms with Crippen LogP contribution < -0.4 is 16.4 Å². The topological polar surface area (TPSA) is 162 Å². The molecular formula is C23H39F3N4O6S. The van der Waals surface area contributed by atoms with Gasteiger partial charge < -0.3 is 26.6 Å². The number of carboxylic acid groups (broad SMARTS) is 2. The molecule has 0 radical (unpaired) electrons. The summed E-state index contributed by atoms with van der Waals surface area (Å²) >= 11 is 1.55. The van der Waals surface area contributed by atoms with Crippen LogP contribution in [0.3, 0.4) is 0 Å². The Hall–Kier alpha value is -1.90. The van der Waals surface area contributed by atoms with E-state index in [1.807, 2.05) is 18.1 Å². The number of carbonyl (C=O) groups excluding carboxylic acids is 2. The van der Waals surface area contributed by atoms with Gasteiger partial charge in [0.05, 0.1) is 18.6 Å². The Kier molecular flexibility index (Phi) is 13.9. The summed E-state index contributed by atoms with van der Waals surface area (Å²) < 4.78 is 31.7. The standard InChI is InChI=1S/C21H38N4O4S.C2HF3O2/c1-4-13-6-9-23-17(13)19(16(26)12-22)25-10-7-14(5-2)18(25)20(27)24-15(21(28)29)8-11-30-3;3-2(4,5)1(6)7/h13-15,17-19,23H,4-12,22H2,1-3H3,(H,24,27)(H,28,29);(H,6,7)/t13-,14-,15?,17-,18?,19?;/m0./s1. The van der Waals surface area contributed by atoms with Crippen LogP contribution in [-0.2, 0) is 19.2 Å². The molecule has 3 unspecified atom stereocenters. The molecule has 0 aliphatic carbocycles. The fourth-order valence-electron chi connectivity index (χ4n) is 5.06. The number of rotatable bonds is 12. The Morgan fingerprint density at radius 1 is 1.14 bits per heavy atom. The molecule has 0 aromatic carbocycles. The molecule has 6 N–H and O–H groups in total. The fourth-order valence-corrected chi connectivity index (χ4v) is 5.53. The predicted octanol–water partition coefficient (Wildman–Crippen LogP) is 1.33. The maximum atomic E-state index is 13.3. The Bertz CT molecular complexity index is 788. The van der Waals surface area contributed by atoms with Gasteiger partial charge in [-0.1, -0.05) is 26.7 Å². The van der Waals surface area contributed by atoms with E-state index in [1.165, 1.54) is 0 Å². The van der Waals surface area contributed by atoms with E-state index in [-0.39, 0.29) is 30.2 Å². The largest absolute Gasteiger partial charge is 0.490 e. The molecule has 2 rings (SSSR count). The molecule has 2 saturated heterocycles. The first kappa shape index (κ1) is 33.1. The second-order valence-corrected chi connectivity index (χ2v) is 10.2. The van der Waals surface area contributed by atoms with Crippen molar-refractivity contribution in [1.82, 2.24) is 15.5 Å². The van der Waals surface area contributed by atoms with Crippen molar-refractivity contribution in [1.29, 1.82) is 0 Å². The molecule has 0 aromatic rings. The number of likely N-dealkylation sites (tertiary alicyclic amines) is 1. The number of nitrogens with two attached hydrogens (primary N) is 1. The number of hydrogen-bond donors (Lipinski definition) is 5. The quantitative estimate of drug-likeness (QED) is 0.237. The van der Waals surface area contributed by atoms with Crippen LogP contribution in [-0.4, -0.2) is 101 Å². The molecule has 37 heavy (non-hydrogen) atoms. The van der Waals surface area contributed by atoms with E-state index in [4.69, 9.17) is 15.6 Å². The number of hydrogen-bond acceptors (Lipinski definition) is 8. The molecule has 0 aromatic heterocycles. The number of halogens is 3. The van der Waals surface area contributed by atoms with Gasteiger partial charge in [0.15, 0.2) is 5.78 Å².